The molecule has 1 atom stereocenters. The summed E-state index contributed by atoms with van der Waals surface area (Å²) in [5.74, 6) is -1.59. The number of pyridine rings is 2. The summed E-state index contributed by atoms with van der Waals surface area (Å²) in [5, 5.41) is 13.7. The van der Waals surface area contributed by atoms with Crippen molar-refractivity contribution in [2.75, 3.05) is 31.6 Å². The molecule has 2 aliphatic rings. The van der Waals surface area contributed by atoms with Crippen molar-refractivity contribution in [2.24, 2.45) is 0 Å². The van der Waals surface area contributed by atoms with Crippen molar-refractivity contribution in [1.82, 2.24) is 19.8 Å². The maximum atomic E-state index is 15.0. The molecule has 2 N–H and O–H groups in total. The number of hydrogen-bond acceptors (Lipinski definition) is 7. The summed E-state index contributed by atoms with van der Waals surface area (Å²) in [4.78, 5) is 38.8. The van der Waals surface area contributed by atoms with Gasteiger partial charge in [0.2, 0.25) is 5.91 Å². The van der Waals surface area contributed by atoms with E-state index >= 15 is 4.39 Å². The van der Waals surface area contributed by atoms with Crippen LogP contribution in [0.5, 0.6) is 11.5 Å². The molecule has 11 heteroatoms. The van der Waals surface area contributed by atoms with Crippen molar-refractivity contribution in [3.8, 4) is 22.8 Å². The van der Waals surface area contributed by atoms with Gasteiger partial charge >= 0.3 is 0 Å². The zero-order chi connectivity index (χ0) is 28.7. The summed E-state index contributed by atoms with van der Waals surface area (Å²) in [7, 11) is 0. The van der Waals surface area contributed by atoms with E-state index in [1.807, 2.05) is 26.8 Å². The fraction of sp³-hybridized carbons (Fsp3) is 0.310. The minimum absolute atomic E-state index is 0.0189. The Morgan fingerprint density at radius 3 is 2.77 bits per heavy atom. The second kappa shape index (κ2) is 10.8. The van der Waals surface area contributed by atoms with Crippen LogP contribution in [0.4, 0.5) is 15.9 Å². The summed E-state index contributed by atoms with van der Waals surface area (Å²) in [6.07, 6.45) is 2.94. The topological polar surface area (TPSA) is 108 Å². The van der Waals surface area contributed by atoms with Gasteiger partial charge in [0, 0.05) is 25.8 Å². The number of nitrogens with zero attached hydrogens (tertiary/aromatic N) is 4. The number of benzene rings is 1. The molecule has 1 fully saturated rings. The molecule has 2 aromatic heterocycles. The molecule has 3 aromatic rings. The molecule has 1 saturated heterocycles. The second-order valence-electron chi connectivity index (χ2n) is 10.1. The van der Waals surface area contributed by atoms with Gasteiger partial charge in [-0.05, 0) is 42.7 Å². The van der Waals surface area contributed by atoms with E-state index in [2.05, 4.69) is 21.9 Å². The van der Waals surface area contributed by atoms with Crippen LogP contribution in [0.15, 0.2) is 43.1 Å². The number of rotatable bonds is 5. The van der Waals surface area contributed by atoms with E-state index in [-0.39, 0.29) is 70.7 Å². The Labute approximate surface area is 236 Å². The Morgan fingerprint density at radius 2 is 2.08 bits per heavy atom. The summed E-state index contributed by atoms with van der Waals surface area (Å²) < 4.78 is 21.2. The number of fused-ring (bicyclic) bond motifs is 2. The average molecular weight is 566 g/mol. The highest BCUT2D eigenvalue weighted by Crippen LogP contribution is 2.46. The molecule has 5 rings (SSSR count). The number of nitrogens with one attached hydrogen (secondary N) is 1. The van der Waals surface area contributed by atoms with E-state index < -0.39 is 17.8 Å². The Bertz CT molecular complexity index is 1510. The smallest absolute Gasteiger partial charge is 0.261 e. The molecule has 2 aliphatic heterocycles. The van der Waals surface area contributed by atoms with Gasteiger partial charge in [-0.25, -0.2) is 9.37 Å². The van der Waals surface area contributed by atoms with E-state index in [0.717, 1.165) is 11.3 Å². The number of aryl methyl sites for hydroxylation is 1. The van der Waals surface area contributed by atoms with E-state index in [0.29, 0.717) is 12.2 Å². The highest BCUT2D eigenvalue weighted by Gasteiger charge is 2.40. The summed E-state index contributed by atoms with van der Waals surface area (Å²) in [5.41, 5.74) is 2.03. The molecule has 40 heavy (non-hydrogen) atoms. The molecule has 4 heterocycles. The molecule has 0 aliphatic carbocycles. The van der Waals surface area contributed by atoms with Crippen molar-refractivity contribution in [3.63, 3.8) is 0 Å². The fourth-order valence-corrected chi connectivity index (χ4v) is 5.38. The van der Waals surface area contributed by atoms with Crippen LogP contribution in [0, 0.1) is 12.7 Å². The summed E-state index contributed by atoms with van der Waals surface area (Å²) >= 11 is 6.78. The molecule has 9 nitrogen and oxygen atoms in total. The molecular formula is C29H29ClFN5O4. The van der Waals surface area contributed by atoms with Gasteiger partial charge in [-0.3, -0.25) is 14.6 Å². The van der Waals surface area contributed by atoms with Crippen molar-refractivity contribution < 1.29 is 23.8 Å². The largest absolute Gasteiger partial charge is 0.507 e. The van der Waals surface area contributed by atoms with Crippen LogP contribution in [-0.2, 0) is 4.79 Å². The fourth-order valence-electron chi connectivity index (χ4n) is 5.09. The lowest BCUT2D eigenvalue weighted by Crippen LogP contribution is -2.57. The molecule has 0 spiro atoms. The first kappa shape index (κ1) is 27.4. The van der Waals surface area contributed by atoms with Gasteiger partial charge in [0.25, 0.3) is 5.91 Å². The zero-order valence-corrected chi connectivity index (χ0v) is 23.1. The molecule has 0 radical (unpaired) electrons. The first-order chi connectivity index (χ1) is 19.1. The Balaban J connectivity index is 1.70. The average Bonchev–Trinajstić information content (AvgIpc) is 3.07. The number of carbonyl (C=O) groups is 2. The van der Waals surface area contributed by atoms with Crippen LogP contribution < -0.4 is 10.1 Å². The van der Waals surface area contributed by atoms with E-state index in [1.54, 1.807) is 16.0 Å². The van der Waals surface area contributed by atoms with Crippen molar-refractivity contribution in [1.29, 1.82) is 0 Å². The van der Waals surface area contributed by atoms with E-state index in [4.69, 9.17) is 16.3 Å². The number of aromatic hydroxyl groups is 1. The van der Waals surface area contributed by atoms with Gasteiger partial charge < -0.3 is 25.0 Å². The van der Waals surface area contributed by atoms with Crippen LogP contribution in [0.1, 0.15) is 41.4 Å². The molecule has 2 amide bonds. The standard InChI is InChI=1S/C29H29ClFN5O4/c1-5-20(38)35-11-12-36-17(13-35)14-40-27-22(29(36)39)28(33-25-16(4)9-10-32-24(25)15(2)3)34-26(23(27)30)21-18(31)7-6-8-19(21)37/h5-10,15,17,37H,1,11-14H2,2-4H3,(H,33,34)/t17-/m1/s1. The monoisotopic (exact) mass is 565 g/mol. The minimum atomic E-state index is -0.739. The molecule has 208 valence electrons. The Hall–Kier alpha value is -4.18. The minimum Gasteiger partial charge on any atom is -0.507 e. The van der Waals surface area contributed by atoms with Gasteiger partial charge in [-0.15, -0.1) is 0 Å². The molecule has 0 unspecified atom stereocenters. The van der Waals surface area contributed by atoms with E-state index in [9.17, 15) is 14.7 Å². The maximum absolute atomic E-state index is 15.0. The van der Waals surface area contributed by atoms with Gasteiger partial charge in [0.05, 0.1) is 23.0 Å². The van der Waals surface area contributed by atoms with Crippen molar-refractivity contribution in [3.05, 3.63) is 70.8 Å². The highest BCUT2D eigenvalue weighted by atomic mass is 35.5. The van der Waals surface area contributed by atoms with Crippen LogP contribution in [0.25, 0.3) is 11.3 Å². The van der Waals surface area contributed by atoms with Gasteiger partial charge in [0.15, 0.2) is 5.75 Å². The highest BCUT2D eigenvalue weighted by molar-refractivity contribution is 6.35. The Kier molecular flexibility index (Phi) is 7.37. The number of ether oxygens (including phenoxy) is 1. The lowest BCUT2D eigenvalue weighted by atomic mass is 10.0. The number of anilines is 2. The lowest BCUT2D eigenvalue weighted by Gasteiger charge is -2.39. The van der Waals surface area contributed by atoms with Crippen LogP contribution in [-0.4, -0.2) is 69.0 Å². The number of aromatic nitrogens is 2. The number of halogens is 2. The first-order valence-corrected chi connectivity index (χ1v) is 13.3. The van der Waals surface area contributed by atoms with Crippen molar-refractivity contribution >= 4 is 34.9 Å². The number of phenols is 1. The van der Waals surface area contributed by atoms with Gasteiger partial charge in [-0.2, -0.15) is 0 Å². The number of piperazine rings is 1. The third kappa shape index (κ3) is 4.72. The molecule has 0 saturated carbocycles. The normalized spacial score (nSPS) is 16.6. The second-order valence-corrected chi connectivity index (χ2v) is 10.5. The van der Waals surface area contributed by atoms with Gasteiger partial charge in [-0.1, -0.05) is 38.1 Å². The molecule has 0 bridgehead atoms. The number of hydrogen-bond donors (Lipinski definition) is 2. The third-order valence-electron chi connectivity index (χ3n) is 7.17. The summed E-state index contributed by atoms with van der Waals surface area (Å²) in [6.45, 7) is 10.3. The predicted octanol–water partition coefficient (Wildman–Crippen LogP) is 5.05. The lowest BCUT2D eigenvalue weighted by molar-refractivity contribution is -0.128. The maximum Gasteiger partial charge on any atom is 0.261 e. The van der Waals surface area contributed by atoms with Crippen LogP contribution in [0.2, 0.25) is 5.02 Å². The Morgan fingerprint density at radius 1 is 1.30 bits per heavy atom. The summed E-state index contributed by atoms with van der Waals surface area (Å²) in [6, 6.07) is 5.25. The van der Waals surface area contributed by atoms with Crippen LogP contribution in [0.3, 0.4) is 0 Å². The number of amides is 2. The SMILES string of the molecule is C=CC(=O)N1CCN2C(=O)c3c(Nc4c(C)ccnc4C(C)C)nc(-c4c(O)cccc4F)c(Cl)c3OC[C@H]2C1. The molecule has 1 aromatic carbocycles. The first-order valence-electron chi connectivity index (χ1n) is 12.9. The van der Waals surface area contributed by atoms with E-state index in [1.165, 1.54) is 24.3 Å². The van der Waals surface area contributed by atoms with Gasteiger partial charge in [0.1, 0.15) is 40.3 Å². The van der Waals surface area contributed by atoms with Crippen molar-refractivity contribution in [2.45, 2.75) is 32.7 Å². The third-order valence-corrected chi connectivity index (χ3v) is 7.52. The zero-order valence-electron chi connectivity index (χ0n) is 22.4. The number of carbonyl (C=O) groups excluding carboxylic acids is 2. The number of phenolic OH excluding ortho intramolecular Hbond substituents is 1. The quantitative estimate of drug-likeness (QED) is 0.417. The molecular weight excluding hydrogens is 537 g/mol. The van der Waals surface area contributed by atoms with Crippen LogP contribution >= 0.6 is 11.6 Å². The predicted molar refractivity (Wildman–Crippen MR) is 150 cm³/mol.